The molecule has 0 aliphatic carbocycles. The van der Waals surface area contributed by atoms with Gasteiger partial charge in [0.05, 0.1) is 0 Å². The first-order valence-corrected chi connectivity index (χ1v) is 11.9. The molecule has 35 heavy (non-hydrogen) atoms. The van der Waals surface area contributed by atoms with Gasteiger partial charge >= 0.3 is 0 Å². The quantitative estimate of drug-likeness (QED) is 0.276. The molecule has 4 rings (SSSR count). The zero-order chi connectivity index (χ0) is 24.3. The van der Waals surface area contributed by atoms with Crippen LogP contribution in [0.1, 0.15) is 11.1 Å². The van der Waals surface area contributed by atoms with Crippen LogP contribution in [-0.2, 0) is 13.0 Å². The molecular weight excluding hydrogens is 426 g/mol. The second-order valence-electron chi connectivity index (χ2n) is 8.30. The summed E-state index contributed by atoms with van der Waals surface area (Å²) in [5.41, 5.74) is 6.80. The maximum absolute atomic E-state index is 6.16. The minimum absolute atomic E-state index is 0.619. The van der Waals surface area contributed by atoms with E-state index in [4.69, 9.17) is 4.74 Å². The van der Waals surface area contributed by atoms with Crippen molar-refractivity contribution in [1.29, 1.82) is 0 Å². The Balaban J connectivity index is 1.36. The SMILES string of the molecule is C=C/C=C(\C=C/CNCc1ccc(-c2ccccc2)cc1)C1=C/C=C\Cc2ccccc2OC\1=C. The van der Waals surface area contributed by atoms with Crippen LogP contribution in [0.2, 0.25) is 0 Å². The molecule has 0 radical (unpaired) electrons. The van der Waals surface area contributed by atoms with E-state index in [1.54, 1.807) is 6.08 Å². The highest BCUT2D eigenvalue weighted by Gasteiger charge is 2.12. The molecule has 0 saturated heterocycles. The van der Waals surface area contributed by atoms with Gasteiger partial charge in [-0.15, -0.1) is 0 Å². The van der Waals surface area contributed by atoms with Crippen LogP contribution in [0, 0.1) is 0 Å². The van der Waals surface area contributed by atoms with Crippen LogP contribution in [0.3, 0.4) is 0 Å². The smallest absolute Gasteiger partial charge is 0.130 e. The van der Waals surface area contributed by atoms with E-state index < -0.39 is 0 Å². The monoisotopic (exact) mass is 457 g/mol. The molecule has 2 nitrogen and oxygen atoms in total. The van der Waals surface area contributed by atoms with E-state index in [1.807, 2.05) is 30.3 Å². The molecular formula is C33H31NO. The van der Waals surface area contributed by atoms with Gasteiger partial charge in [0.2, 0.25) is 0 Å². The normalized spacial score (nSPS) is 16.3. The number of rotatable bonds is 8. The number of nitrogens with one attached hydrogen (secondary N) is 1. The van der Waals surface area contributed by atoms with Crippen molar-refractivity contribution in [2.24, 2.45) is 0 Å². The number of fused-ring (bicyclic) bond motifs is 1. The molecule has 0 aromatic heterocycles. The molecule has 1 heterocycles. The van der Waals surface area contributed by atoms with Crippen LogP contribution in [-0.4, -0.2) is 6.54 Å². The molecule has 0 amide bonds. The maximum Gasteiger partial charge on any atom is 0.130 e. The second-order valence-corrected chi connectivity index (χ2v) is 8.30. The average Bonchev–Trinajstić information content (AvgIpc) is 2.97. The predicted molar refractivity (Wildman–Crippen MR) is 148 cm³/mol. The summed E-state index contributed by atoms with van der Waals surface area (Å²) in [5, 5.41) is 3.49. The topological polar surface area (TPSA) is 21.3 Å². The minimum Gasteiger partial charge on any atom is -0.457 e. The second kappa shape index (κ2) is 12.4. The fourth-order valence-electron chi connectivity index (χ4n) is 3.96. The molecule has 1 aliphatic heterocycles. The number of para-hydroxylation sites is 1. The number of hydrogen-bond donors (Lipinski definition) is 1. The van der Waals surface area contributed by atoms with Gasteiger partial charge < -0.3 is 10.1 Å². The first-order valence-electron chi connectivity index (χ1n) is 11.9. The molecule has 0 bridgehead atoms. The van der Waals surface area contributed by atoms with E-state index in [-0.39, 0.29) is 0 Å². The third-order valence-corrected chi connectivity index (χ3v) is 5.80. The van der Waals surface area contributed by atoms with Crippen molar-refractivity contribution in [3.05, 3.63) is 163 Å². The molecule has 0 saturated carbocycles. The number of ether oxygens (including phenoxy) is 1. The lowest BCUT2D eigenvalue weighted by atomic mass is 10.0. The van der Waals surface area contributed by atoms with E-state index in [9.17, 15) is 0 Å². The lowest BCUT2D eigenvalue weighted by Crippen LogP contribution is -2.12. The van der Waals surface area contributed by atoms with Crippen LogP contribution < -0.4 is 10.1 Å². The summed E-state index contributed by atoms with van der Waals surface area (Å²) in [6.45, 7) is 9.64. The molecule has 1 aliphatic rings. The molecule has 2 heteroatoms. The van der Waals surface area contributed by atoms with Gasteiger partial charge in [-0.25, -0.2) is 0 Å². The van der Waals surface area contributed by atoms with Crippen molar-refractivity contribution in [2.75, 3.05) is 6.54 Å². The predicted octanol–water partition coefficient (Wildman–Crippen LogP) is 7.74. The summed E-state index contributed by atoms with van der Waals surface area (Å²) >= 11 is 0. The molecule has 174 valence electrons. The first kappa shape index (κ1) is 24.0. The molecule has 3 aromatic carbocycles. The maximum atomic E-state index is 6.16. The molecule has 0 atom stereocenters. The Morgan fingerprint density at radius 3 is 2.46 bits per heavy atom. The highest BCUT2D eigenvalue weighted by molar-refractivity contribution is 5.63. The zero-order valence-corrected chi connectivity index (χ0v) is 20.0. The highest BCUT2D eigenvalue weighted by atomic mass is 16.5. The third-order valence-electron chi connectivity index (χ3n) is 5.80. The standard InChI is InChI=1S/C33H31NO/c1-3-12-30(32-18-9-7-15-31-16-8-10-19-33(31)35-26(32)2)17-11-24-34-25-27-20-22-29(23-21-27)28-13-5-4-6-14-28/h3-14,16-23,34H,1-2,15,24-25H2/b9-7-,17-11-,30-12+,32-18+. The van der Waals surface area contributed by atoms with E-state index in [0.29, 0.717) is 5.76 Å². The number of benzene rings is 3. The van der Waals surface area contributed by atoms with E-state index in [1.165, 1.54) is 16.7 Å². The summed E-state index contributed by atoms with van der Waals surface area (Å²) in [6.07, 6.45) is 15.1. The van der Waals surface area contributed by atoms with Crippen molar-refractivity contribution in [3.8, 4) is 16.9 Å². The van der Waals surface area contributed by atoms with Gasteiger partial charge in [0.15, 0.2) is 0 Å². The Bertz CT molecular complexity index is 1270. The van der Waals surface area contributed by atoms with Crippen LogP contribution in [0.4, 0.5) is 0 Å². The van der Waals surface area contributed by atoms with Gasteiger partial charge in [0.1, 0.15) is 11.5 Å². The van der Waals surface area contributed by atoms with Gasteiger partial charge in [-0.3, -0.25) is 0 Å². The average molecular weight is 458 g/mol. The Labute approximate surface area is 209 Å². The zero-order valence-electron chi connectivity index (χ0n) is 20.0. The summed E-state index contributed by atoms with van der Waals surface area (Å²) in [5.74, 6) is 1.46. The van der Waals surface area contributed by atoms with Crippen LogP contribution >= 0.6 is 0 Å². The van der Waals surface area contributed by atoms with Crippen molar-refractivity contribution < 1.29 is 4.74 Å². The molecule has 0 spiro atoms. The van der Waals surface area contributed by atoms with Crippen molar-refractivity contribution in [3.63, 3.8) is 0 Å². The number of allylic oxidation sites excluding steroid dienone is 7. The largest absolute Gasteiger partial charge is 0.457 e. The Hall–Kier alpha value is -4.14. The fourth-order valence-corrected chi connectivity index (χ4v) is 3.96. The van der Waals surface area contributed by atoms with Crippen LogP contribution in [0.25, 0.3) is 11.1 Å². The lowest BCUT2D eigenvalue weighted by molar-refractivity contribution is 0.436. The van der Waals surface area contributed by atoms with Crippen molar-refractivity contribution in [1.82, 2.24) is 5.32 Å². The Morgan fingerprint density at radius 1 is 0.914 bits per heavy atom. The van der Waals surface area contributed by atoms with Crippen LogP contribution in [0.5, 0.6) is 5.75 Å². The summed E-state index contributed by atoms with van der Waals surface area (Å²) in [7, 11) is 0. The van der Waals surface area contributed by atoms with Gasteiger partial charge in [-0.1, -0.05) is 128 Å². The van der Waals surface area contributed by atoms with Crippen molar-refractivity contribution in [2.45, 2.75) is 13.0 Å². The molecule has 0 unspecified atom stereocenters. The summed E-state index contributed by atoms with van der Waals surface area (Å²) in [6, 6.07) is 27.2. The van der Waals surface area contributed by atoms with Crippen LogP contribution in [0.15, 0.2) is 151 Å². The molecule has 1 N–H and O–H groups in total. The van der Waals surface area contributed by atoms with Crippen molar-refractivity contribution >= 4 is 0 Å². The Kier molecular flexibility index (Phi) is 8.47. The summed E-state index contributed by atoms with van der Waals surface area (Å²) in [4.78, 5) is 0. The molecule has 0 fully saturated rings. The fraction of sp³-hybridized carbons (Fsp3) is 0.0909. The number of hydrogen-bond acceptors (Lipinski definition) is 2. The van der Waals surface area contributed by atoms with Gasteiger partial charge in [-0.05, 0) is 40.3 Å². The third kappa shape index (κ3) is 6.69. The van der Waals surface area contributed by atoms with Gasteiger partial charge in [0, 0.05) is 18.7 Å². The minimum atomic E-state index is 0.619. The first-order chi connectivity index (χ1) is 17.2. The summed E-state index contributed by atoms with van der Waals surface area (Å²) < 4.78 is 6.16. The van der Waals surface area contributed by atoms with E-state index >= 15 is 0 Å². The van der Waals surface area contributed by atoms with E-state index in [2.05, 4.69) is 103 Å². The highest BCUT2D eigenvalue weighted by Crippen LogP contribution is 2.28. The molecule has 3 aromatic rings. The van der Waals surface area contributed by atoms with Gasteiger partial charge in [-0.2, -0.15) is 0 Å². The Morgan fingerprint density at radius 2 is 1.66 bits per heavy atom. The van der Waals surface area contributed by atoms with E-state index in [0.717, 1.165) is 42.0 Å². The lowest BCUT2D eigenvalue weighted by Gasteiger charge is -2.15. The van der Waals surface area contributed by atoms with Gasteiger partial charge in [0.25, 0.3) is 0 Å².